The summed E-state index contributed by atoms with van der Waals surface area (Å²) in [6, 6.07) is 13.5. The van der Waals surface area contributed by atoms with E-state index in [9.17, 15) is 9.59 Å². The molecule has 0 aliphatic carbocycles. The molecule has 0 saturated carbocycles. The molecule has 1 atom stereocenters. The molecule has 1 aromatic carbocycles. The highest BCUT2D eigenvalue weighted by atomic mass is 16.2. The van der Waals surface area contributed by atoms with Gasteiger partial charge in [0.25, 0.3) is 5.91 Å². The van der Waals surface area contributed by atoms with Crippen molar-refractivity contribution in [2.75, 3.05) is 13.1 Å². The van der Waals surface area contributed by atoms with Crippen molar-refractivity contribution in [1.82, 2.24) is 14.8 Å². The van der Waals surface area contributed by atoms with Crippen LogP contribution in [-0.4, -0.2) is 45.2 Å². The third-order valence-corrected chi connectivity index (χ3v) is 5.70. The summed E-state index contributed by atoms with van der Waals surface area (Å²) < 4.78 is 0. The van der Waals surface area contributed by atoms with E-state index in [-0.39, 0.29) is 11.8 Å². The molecule has 0 bridgehead atoms. The van der Waals surface area contributed by atoms with Crippen molar-refractivity contribution in [2.45, 2.75) is 37.8 Å². The number of H-pyrrole nitrogens is 1. The molecule has 2 amide bonds. The summed E-state index contributed by atoms with van der Waals surface area (Å²) in [6.07, 6.45) is 4.64. The lowest BCUT2D eigenvalue weighted by Gasteiger charge is -2.44. The van der Waals surface area contributed by atoms with Crippen LogP contribution in [0.25, 0.3) is 0 Å². The first kappa shape index (κ1) is 17.3. The van der Waals surface area contributed by atoms with Gasteiger partial charge in [0.05, 0.1) is 5.56 Å². The van der Waals surface area contributed by atoms with Crippen LogP contribution in [0.5, 0.6) is 0 Å². The molecule has 2 aromatic rings. The number of hydrogen-bond donors (Lipinski definition) is 1. The van der Waals surface area contributed by atoms with Crippen molar-refractivity contribution in [1.29, 1.82) is 5.26 Å². The number of hydrogen-bond acceptors (Lipinski definition) is 3. The smallest absolute Gasteiger partial charge is 0.271 e. The number of piperidine rings is 1. The fraction of sp³-hybridized carbons (Fsp3) is 0.381. The number of rotatable bonds is 3. The number of nitriles is 1. The molecule has 2 aliphatic heterocycles. The number of benzene rings is 1. The molecule has 2 aliphatic rings. The molecule has 27 heavy (non-hydrogen) atoms. The van der Waals surface area contributed by atoms with E-state index in [1.54, 1.807) is 11.0 Å². The first-order chi connectivity index (χ1) is 13.1. The van der Waals surface area contributed by atoms with Crippen LogP contribution >= 0.6 is 0 Å². The molecule has 1 N–H and O–H groups in total. The van der Waals surface area contributed by atoms with Gasteiger partial charge in [-0.25, -0.2) is 0 Å². The third kappa shape index (κ3) is 2.99. The Balaban J connectivity index is 1.59. The maximum atomic E-state index is 13.4. The molecule has 3 heterocycles. The Morgan fingerprint density at radius 3 is 2.63 bits per heavy atom. The molecule has 2 saturated heterocycles. The fourth-order valence-corrected chi connectivity index (χ4v) is 4.40. The topological polar surface area (TPSA) is 80.2 Å². The molecular formula is C21H22N4O2. The van der Waals surface area contributed by atoms with E-state index in [0.29, 0.717) is 37.2 Å². The minimum atomic E-state index is -0.748. The maximum Gasteiger partial charge on any atom is 0.271 e. The highest BCUT2D eigenvalue weighted by Gasteiger charge is 2.52. The second-order valence-corrected chi connectivity index (χ2v) is 7.32. The third-order valence-electron chi connectivity index (χ3n) is 5.70. The van der Waals surface area contributed by atoms with Gasteiger partial charge in [-0.2, -0.15) is 5.26 Å². The molecule has 1 aromatic heterocycles. The molecule has 4 rings (SSSR count). The molecule has 1 unspecified atom stereocenters. The minimum Gasteiger partial charge on any atom is -0.356 e. The van der Waals surface area contributed by atoms with Crippen LogP contribution in [0.15, 0.2) is 42.6 Å². The normalized spacial score (nSPS) is 22.3. The quantitative estimate of drug-likeness (QED) is 0.911. The maximum absolute atomic E-state index is 13.4. The van der Waals surface area contributed by atoms with Gasteiger partial charge in [-0.1, -0.05) is 30.3 Å². The predicted molar refractivity (Wildman–Crippen MR) is 99.6 cm³/mol. The first-order valence-electron chi connectivity index (χ1n) is 9.38. The largest absolute Gasteiger partial charge is 0.356 e. The zero-order chi connectivity index (χ0) is 18.9. The van der Waals surface area contributed by atoms with E-state index in [1.165, 1.54) is 6.20 Å². The molecule has 1 spiro atoms. The number of likely N-dealkylation sites (tertiary alicyclic amines) is 2. The fourth-order valence-electron chi connectivity index (χ4n) is 4.40. The van der Waals surface area contributed by atoms with Crippen molar-refractivity contribution < 1.29 is 9.59 Å². The second kappa shape index (κ2) is 6.92. The number of carbonyl (C=O) groups is 2. The van der Waals surface area contributed by atoms with E-state index >= 15 is 0 Å². The van der Waals surface area contributed by atoms with E-state index in [1.807, 2.05) is 41.3 Å². The number of amides is 2. The van der Waals surface area contributed by atoms with Crippen molar-refractivity contribution >= 4 is 11.8 Å². The first-order valence-corrected chi connectivity index (χ1v) is 9.38. The summed E-state index contributed by atoms with van der Waals surface area (Å²) in [5.74, 6) is -0.139. The lowest BCUT2D eigenvalue weighted by atomic mass is 9.85. The van der Waals surface area contributed by atoms with Gasteiger partial charge in [-0.15, -0.1) is 0 Å². The van der Waals surface area contributed by atoms with Gasteiger partial charge in [0.1, 0.15) is 17.3 Å². The number of nitrogens with one attached hydrogen (secondary N) is 1. The Bertz CT molecular complexity index is 898. The van der Waals surface area contributed by atoms with Crippen molar-refractivity contribution in [2.24, 2.45) is 0 Å². The lowest BCUT2D eigenvalue weighted by molar-refractivity contribution is -0.146. The summed E-state index contributed by atoms with van der Waals surface area (Å²) in [4.78, 5) is 33.0. The van der Waals surface area contributed by atoms with Crippen molar-refractivity contribution in [3.8, 4) is 6.07 Å². The van der Waals surface area contributed by atoms with Gasteiger partial charge in [0.2, 0.25) is 5.91 Å². The molecule has 6 nitrogen and oxygen atoms in total. The van der Waals surface area contributed by atoms with E-state index in [2.05, 4.69) is 4.98 Å². The highest BCUT2D eigenvalue weighted by molar-refractivity contribution is 5.99. The van der Waals surface area contributed by atoms with Crippen LogP contribution in [0.2, 0.25) is 0 Å². The van der Waals surface area contributed by atoms with E-state index in [0.717, 1.165) is 24.9 Å². The summed E-state index contributed by atoms with van der Waals surface area (Å²) >= 11 is 0. The Kier molecular flexibility index (Phi) is 4.44. The Morgan fingerprint density at radius 2 is 1.93 bits per heavy atom. The van der Waals surface area contributed by atoms with Gasteiger partial charge >= 0.3 is 0 Å². The predicted octanol–water partition coefficient (Wildman–Crippen LogP) is 2.68. The molecule has 138 valence electrons. The molecule has 2 fully saturated rings. The van der Waals surface area contributed by atoms with Crippen LogP contribution in [0.1, 0.15) is 47.3 Å². The number of carbonyl (C=O) groups excluding carboxylic acids is 2. The van der Waals surface area contributed by atoms with Crippen LogP contribution in [0.3, 0.4) is 0 Å². The summed E-state index contributed by atoms with van der Waals surface area (Å²) in [5, 5.41) is 9.00. The molecular weight excluding hydrogens is 340 g/mol. The van der Waals surface area contributed by atoms with Crippen molar-refractivity contribution in [3.05, 3.63) is 59.4 Å². The van der Waals surface area contributed by atoms with Gasteiger partial charge in [-0.05, 0) is 37.3 Å². The zero-order valence-electron chi connectivity index (χ0n) is 15.1. The van der Waals surface area contributed by atoms with Crippen molar-refractivity contribution in [3.63, 3.8) is 0 Å². The SMILES string of the molecule is N#Cc1c[nH]c(C(=O)N2CCCC23CCCN(Cc2ccccc2)C3=O)c1. The van der Waals surface area contributed by atoms with Gasteiger partial charge < -0.3 is 14.8 Å². The zero-order valence-corrected chi connectivity index (χ0v) is 15.1. The molecule has 0 radical (unpaired) electrons. The van der Waals surface area contributed by atoms with Gasteiger partial charge in [0, 0.05) is 25.8 Å². The summed E-state index contributed by atoms with van der Waals surface area (Å²) in [5.41, 5.74) is 1.15. The number of aromatic nitrogens is 1. The number of nitrogens with zero attached hydrogens (tertiary/aromatic N) is 3. The monoisotopic (exact) mass is 362 g/mol. The number of aromatic amines is 1. The van der Waals surface area contributed by atoms with E-state index in [4.69, 9.17) is 5.26 Å². The Morgan fingerprint density at radius 1 is 1.19 bits per heavy atom. The van der Waals surface area contributed by atoms with Gasteiger partial charge in [0.15, 0.2) is 0 Å². The minimum absolute atomic E-state index is 0.0514. The van der Waals surface area contributed by atoms with Crippen LogP contribution in [-0.2, 0) is 11.3 Å². The van der Waals surface area contributed by atoms with Gasteiger partial charge in [-0.3, -0.25) is 9.59 Å². The average molecular weight is 362 g/mol. The van der Waals surface area contributed by atoms with Crippen LogP contribution in [0.4, 0.5) is 0 Å². The van der Waals surface area contributed by atoms with Crippen LogP contribution in [0, 0.1) is 11.3 Å². The lowest BCUT2D eigenvalue weighted by Crippen LogP contribution is -2.61. The Labute approximate surface area is 158 Å². The second-order valence-electron chi connectivity index (χ2n) is 7.32. The standard InChI is InChI=1S/C21H22N4O2/c22-13-17-12-18(23-14-17)19(26)25-11-5-9-21(25)8-4-10-24(20(21)27)15-16-6-2-1-3-7-16/h1-3,6-7,12,14,23H,4-5,8-11,15H2. The summed E-state index contributed by atoms with van der Waals surface area (Å²) in [6.45, 7) is 1.87. The Hall–Kier alpha value is -3.07. The van der Waals surface area contributed by atoms with Crippen LogP contribution < -0.4 is 0 Å². The highest BCUT2D eigenvalue weighted by Crippen LogP contribution is 2.39. The van der Waals surface area contributed by atoms with E-state index < -0.39 is 5.54 Å². The average Bonchev–Trinajstić information content (AvgIpc) is 3.34. The summed E-state index contributed by atoms with van der Waals surface area (Å²) in [7, 11) is 0. The molecule has 6 heteroatoms.